The van der Waals surface area contributed by atoms with E-state index in [4.69, 9.17) is 4.74 Å². The first kappa shape index (κ1) is 13.8. The minimum atomic E-state index is -0.122. The van der Waals surface area contributed by atoms with Crippen molar-refractivity contribution in [2.24, 2.45) is 0 Å². The van der Waals surface area contributed by atoms with Crippen molar-refractivity contribution in [3.05, 3.63) is 0 Å². The van der Waals surface area contributed by atoms with Gasteiger partial charge in [0.25, 0.3) is 0 Å². The van der Waals surface area contributed by atoms with Crippen molar-refractivity contribution in [2.75, 3.05) is 32.8 Å². The fraction of sp³-hybridized carbons (Fsp3) is 0.923. The van der Waals surface area contributed by atoms with Crippen LogP contribution in [0.5, 0.6) is 0 Å². The zero-order valence-electron chi connectivity index (χ0n) is 11.4. The average molecular weight is 255 g/mol. The standard InChI is InChI=1S/C13H25N3O2/c1-10(2)15-13(17)12-9-18-7-6-16(12)8-11-4-3-5-14-11/h10-12,14H,3-9H2,1-2H3,(H,15,17)/t11-,12?/m0/s1. The summed E-state index contributed by atoms with van der Waals surface area (Å²) in [6.07, 6.45) is 2.47. The zero-order valence-corrected chi connectivity index (χ0v) is 11.4. The SMILES string of the molecule is CC(C)NC(=O)C1COCCN1C[C@@H]1CCCN1. The molecule has 0 aromatic carbocycles. The maximum absolute atomic E-state index is 12.1. The quantitative estimate of drug-likeness (QED) is 0.740. The highest BCUT2D eigenvalue weighted by atomic mass is 16.5. The topological polar surface area (TPSA) is 53.6 Å². The van der Waals surface area contributed by atoms with Crippen LogP contribution in [-0.2, 0) is 9.53 Å². The minimum Gasteiger partial charge on any atom is -0.378 e. The van der Waals surface area contributed by atoms with E-state index >= 15 is 0 Å². The molecular weight excluding hydrogens is 230 g/mol. The second-order valence-electron chi connectivity index (χ2n) is 5.54. The smallest absolute Gasteiger partial charge is 0.239 e. The van der Waals surface area contributed by atoms with Crippen molar-refractivity contribution in [3.8, 4) is 0 Å². The molecule has 2 aliphatic heterocycles. The Labute approximate surface area is 109 Å². The molecule has 0 saturated carbocycles. The molecule has 0 spiro atoms. The summed E-state index contributed by atoms with van der Waals surface area (Å²) in [7, 11) is 0. The Morgan fingerprint density at radius 2 is 2.39 bits per heavy atom. The molecular formula is C13H25N3O2. The second-order valence-corrected chi connectivity index (χ2v) is 5.54. The third kappa shape index (κ3) is 3.67. The van der Waals surface area contributed by atoms with Crippen molar-refractivity contribution in [2.45, 2.75) is 44.8 Å². The normalized spacial score (nSPS) is 29.7. The van der Waals surface area contributed by atoms with Crippen LogP contribution in [0.15, 0.2) is 0 Å². The maximum atomic E-state index is 12.1. The van der Waals surface area contributed by atoms with Gasteiger partial charge in [-0.1, -0.05) is 0 Å². The van der Waals surface area contributed by atoms with Crippen LogP contribution in [0.1, 0.15) is 26.7 Å². The second kappa shape index (κ2) is 6.50. The van der Waals surface area contributed by atoms with Gasteiger partial charge in [-0.15, -0.1) is 0 Å². The lowest BCUT2D eigenvalue weighted by molar-refractivity contribution is -0.133. The zero-order chi connectivity index (χ0) is 13.0. The molecule has 2 aliphatic rings. The highest BCUT2D eigenvalue weighted by molar-refractivity contribution is 5.82. The summed E-state index contributed by atoms with van der Waals surface area (Å²) in [6.45, 7) is 8.16. The summed E-state index contributed by atoms with van der Waals surface area (Å²) in [6, 6.07) is 0.604. The van der Waals surface area contributed by atoms with Gasteiger partial charge in [-0.25, -0.2) is 0 Å². The number of carbonyl (C=O) groups is 1. The minimum absolute atomic E-state index is 0.0997. The van der Waals surface area contributed by atoms with E-state index in [-0.39, 0.29) is 18.0 Å². The summed E-state index contributed by atoms with van der Waals surface area (Å²) in [5.74, 6) is 0.0997. The van der Waals surface area contributed by atoms with Crippen LogP contribution < -0.4 is 10.6 Å². The third-order valence-corrected chi connectivity index (χ3v) is 3.59. The Bertz CT molecular complexity index is 277. The van der Waals surface area contributed by atoms with Crippen LogP contribution in [0.2, 0.25) is 0 Å². The van der Waals surface area contributed by atoms with Gasteiger partial charge in [-0.2, -0.15) is 0 Å². The molecule has 0 radical (unpaired) electrons. The molecule has 104 valence electrons. The Kier molecular flexibility index (Phi) is 4.97. The molecule has 2 N–H and O–H groups in total. The molecule has 5 heteroatoms. The van der Waals surface area contributed by atoms with Gasteiger partial charge in [-0.05, 0) is 33.2 Å². The van der Waals surface area contributed by atoms with Crippen molar-refractivity contribution >= 4 is 5.91 Å². The lowest BCUT2D eigenvalue weighted by Crippen LogP contribution is -2.57. The number of amides is 1. The third-order valence-electron chi connectivity index (χ3n) is 3.59. The van der Waals surface area contributed by atoms with E-state index < -0.39 is 0 Å². The van der Waals surface area contributed by atoms with Gasteiger partial charge in [0.1, 0.15) is 6.04 Å². The number of hydrogen-bond acceptors (Lipinski definition) is 4. The van der Waals surface area contributed by atoms with Gasteiger partial charge >= 0.3 is 0 Å². The van der Waals surface area contributed by atoms with E-state index in [1.807, 2.05) is 13.8 Å². The average Bonchev–Trinajstić information content (AvgIpc) is 2.81. The van der Waals surface area contributed by atoms with Gasteiger partial charge < -0.3 is 15.4 Å². The lowest BCUT2D eigenvalue weighted by atomic mass is 10.1. The highest BCUT2D eigenvalue weighted by Gasteiger charge is 2.31. The van der Waals surface area contributed by atoms with Crippen molar-refractivity contribution < 1.29 is 9.53 Å². The van der Waals surface area contributed by atoms with Gasteiger partial charge in [0.05, 0.1) is 13.2 Å². The molecule has 2 fully saturated rings. The molecule has 5 nitrogen and oxygen atoms in total. The summed E-state index contributed by atoms with van der Waals surface area (Å²) in [5, 5.41) is 6.48. The van der Waals surface area contributed by atoms with Gasteiger partial charge in [0, 0.05) is 25.2 Å². The molecule has 0 bridgehead atoms. The summed E-state index contributed by atoms with van der Waals surface area (Å²) < 4.78 is 5.46. The molecule has 18 heavy (non-hydrogen) atoms. The van der Waals surface area contributed by atoms with E-state index in [1.54, 1.807) is 0 Å². The summed E-state index contributed by atoms with van der Waals surface area (Å²) in [5.41, 5.74) is 0. The molecule has 2 rings (SSSR count). The first-order valence-electron chi connectivity index (χ1n) is 7.02. The van der Waals surface area contributed by atoms with Crippen molar-refractivity contribution in [1.29, 1.82) is 0 Å². The van der Waals surface area contributed by atoms with Crippen LogP contribution in [0.25, 0.3) is 0 Å². The van der Waals surface area contributed by atoms with Crippen LogP contribution in [0.3, 0.4) is 0 Å². The van der Waals surface area contributed by atoms with E-state index in [2.05, 4.69) is 15.5 Å². The first-order valence-corrected chi connectivity index (χ1v) is 7.02. The molecule has 0 aromatic heterocycles. The Balaban J connectivity index is 1.90. The molecule has 2 heterocycles. The predicted octanol–water partition coefficient (Wildman–Crippen LogP) is -0.0362. The van der Waals surface area contributed by atoms with E-state index in [1.165, 1.54) is 12.8 Å². The maximum Gasteiger partial charge on any atom is 0.239 e. The van der Waals surface area contributed by atoms with Crippen LogP contribution in [0, 0.1) is 0 Å². The lowest BCUT2D eigenvalue weighted by Gasteiger charge is -2.36. The molecule has 1 amide bonds. The predicted molar refractivity (Wildman–Crippen MR) is 70.5 cm³/mol. The Hall–Kier alpha value is -0.650. The van der Waals surface area contributed by atoms with Crippen molar-refractivity contribution in [3.63, 3.8) is 0 Å². The number of morpholine rings is 1. The molecule has 0 aliphatic carbocycles. The molecule has 0 aromatic rings. The number of ether oxygens (including phenoxy) is 1. The fourth-order valence-corrected chi connectivity index (χ4v) is 2.67. The summed E-state index contributed by atoms with van der Waals surface area (Å²) in [4.78, 5) is 14.4. The molecule has 1 unspecified atom stereocenters. The van der Waals surface area contributed by atoms with Crippen LogP contribution in [0.4, 0.5) is 0 Å². The molecule has 2 saturated heterocycles. The van der Waals surface area contributed by atoms with E-state index in [9.17, 15) is 4.79 Å². The largest absolute Gasteiger partial charge is 0.378 e. The van der Waals surface area contributed by atoms with Crippen LogP contribution >= 0.6 is 0 Å². The number of hydrogen-bond donors (Lipinski definition) is 2. The van der Waals surface area contributed by atoms with Crippen molar-refractivity contribution in [1.82, 2.24) is 15.5 Å². The van der Waals surface area contributed by atoms with Gasteiger partial charge in [-0.3, -0.25) is 9.69 Å². The highest BCUT2D eigenvalue weighted by Crippen LogP contribution is 2.12. The monoisotopic (exact) mass is 255 g/mol. The van der Waals surface area contributed by atoms with E-state index in [0.717, 1.165) is 26.2 Å². The number of nitrogens with zero attached hydrogens (tertiary/aromatic N) is 1. The fourth-order valence-electron chi connectivity index (χ4n) is 2.67. The van der Waals surface area contributed by atoms with Gasteiger partial charge in [0.2, 0.25) is 5.91 Å². The Morgan fingerprint density at radius 3 is 3.06 bits per heavy atom. The molecule has 2 atom stereocenters. The number of carbonyl (C=O) groups excluding carboxylic acids is 1. The van der Waals surface area contributed by atoms with Crippen LogP contribution in [-0.4, -0.2) is 61.8 Å². The number of rotatable bonds is 4. The summed E-state index contributed by atoms with van der Waals surface area (Å²) >= 11 is 0. The van der Waals surface area contributed by atoms with E-state index in [0.29, 0.717) is 12.6 Å². The van der Waals surface area contributed by atoms with Gasteiger partial charge in [0.15, 0.2) is 0 Å². The first-order chi connectivity index (χ1) is 8.66. The Morgan fingerprint density at radius 1 is 1.56 bits per heavy atom. The number of nitrogens with one attached hydrogen (secondary N) is 2.